The molecule has 0 aromatic heterocycles. The third-order valence-corrected chi connectivity index (χ3v) is 4.58. The molecule has 0 saturated carbocycles. The number of benzene rings is 1. The Morgan fingerprint density at radius 2 is 2.17 bits per heavy atom. The number of aliphatic imine (C=N–C) groups is 1. The fourth-order valence-corrected chi connectivity index (χ4v) is 3.34. The van der Waals surface area contributed by atoms with Crippen LogP contribution in [0.15, 0.2) is 11.1 Å². The van der Waals surface area contributed by atoms with Gasteiger partial charge in [-0.2, -0.15) is 5.26 Å². The fraction of sp³-hybridized carbons (Fsp3) is 0.550. The van der Waals surface area contributed by atoms with Gasteiger partial charge in [-0.05, 0) is 20.8 Å². The van der Waals surface area contributed by atoms with Crippen LogP contribution in [0.5, 0.6) is 5.75 Å². The van der Waals surface area contributed by atoms with Gasteiger partial charge >= 0.3 is 6.09 Å². The zero-order valence-corrected chi connectivity index (χ0v) is 17.4. The number of fused-ring (bicyclic) bond motifs is 4. The molecule has 2 aliphatic rings. The van der Waals surface area contributed by atoms with Gasteiger partial charge in [-0.25, -0.2) is 14.2 Å². The number of nitriles is 1. The molecule has 3 rings (SSSR count). The van der Waals surface area contributed by atoms with E-state index < -0.39 is 17.5 Å². The molecule has 1 amide bonds. The highest BCUT2D eigenvalue weighted by Gasteiger charge is 2.38. The summed E-state index contributed by atoms with van der Waals surface area (Å²) in [6.07, 6.45) is 1.09. The van der Waals surface area contributed by atoms with Crippen molar-refractivity contribution in [2.45, 2.75) is 32.4 Å². The Morgan fingerprint density at radius 1 is 1.45 bits per heavy atom. The summed E-state index contributed by atoms with van der Waals surface area (Å²) in [5.74, 6) is -0.330. The molecular weight excluding hydrogens is 377 g/mol. The van der Waals surface area contributed by atoms with Gasteiger partial charge < -0.3 is 19.3 Å². The highest BCUT2D eigenvalue weighted by molar-refractivity contribution is 5.75. The Bertz CT molecular complexity index is 872. The van der Waals surface area contributed by atoms with E-state index in [-0.39, 0.29) is 29.6 Å². The summed E-state index contributed by atoms with van der Waals surface area (Å²) >= 11 is 0. The quantitative estimate of drug-likeness (QED) is 0.558. The summed E-state index contributed by atoms with van der Waals surface area (Å²) < 4.78 is 26.6. The maximum atomic E-state index is 15.2. The fourth-order valence-electron chi connectivity index (χ4n) is 3.34. The minimum absolute atomic E-state index is 0.126. The van der Waals surface area contributed by atoms with E-state index in [0.717, 1.165) is 0 Å². The van der Waals surface area contributed by atoms with E-state index in [9.17, 15) is 10.1 Å². The monoisotopic (exact) mass is 403 g/mol. The van der Waals surface area contributed by atoms with E-state index in [1.807, 2.05) is 31.7 Å². The van der Waals surface area contributed by atoms with Gasteiger partial charge in [0.15, 0.2) is 5.82 Å². The number of amides is 1. The molecule has 0 spiro atoms. The molecule has 1 saturated heterocycles. The molecule has 1 aromatic carbocycles. The molecule has 2 aliphatic heterocycles. The molecule has 0 N–H and O–H groups in total. The number of hydrogen-bond donors (Lipinski definition) is 0. The van der Waals surface area contributed by atoms with E-state index in [1.54, 1.807) is 30.0 Å². The molecule has 0 unspecified atom stereocenters. The number of anilines is 1. The minimum atomic E-state index is -0.651. The zero-order valence-electron chi connectivity index (χ0n) is 17.4. The largest absolute Gasteiger partial charge is 0.489 e. The first kappa shape index (κ1) is 20.7. The Balaban J connectivity index is 1.93. The second kappa shape index (κ2) is 7.78. The average Bonchev–Trinajstić information content (AvgIpc) is 2.75. The normalized spacial score (nSPS) is 18.6. The lowest BCUT2D eigenvalue weighted by molar-refractivity contribution is 0.00975. The minimum Gasteiger partial charge on any atom is -0.489 e. The first-order chi connectivity index (χ1) is 13.6. The van der Waals surface area contributed by atoms with Crippen LogP contribution >= 0.6 is 0 Å². The van der Waals surface area contributed by atoms with E-state index in [0.29, 0.717) is 25.4 Å². The summed E-state index contributed by atoms with van der Waals surface area (Å²) in [4.78, 5) is 21.9. The maximum Gasteiger partial charge on any atom is 0.410 e. The number of carbonyl (C=O) groups excluding carboxylic acids is 1. The molecule has 0 aliphatic carbocycles. The molecule has 156 valence electrons. The summed E-state index contributed by atoms with van der Waals surface area (Å²) in [5.41, 5.74) is -0.273. The molecule has 8 nitrogen and oxygen atoms in total. The standard InChI is InChI=1S/C20H26FN5O3/c1-20(2,3)29-19(27)26-7-6-25-10-13(26)11-28-16-8-15(23-12-24(4)5)14(9-22)17(21)18(16)25/h8,12-13H,6-7,10-11H2,1-5H3/t13-/m0/s1. The zero-order chi connectivity index (χ0) is 21.3. The molecular formula is C20H26FN5O3. The summed E-state index contributed by atoms with van der Waals surface area (Å²) in [6.45, 7) is 6.83. The average molecular weight is 403 g/mol. The van der Waals surface area contributed by atoms with Gasteiger partial charge in [0, 0.05) is 39.8 Å². The van der Waals surface area contributed by atoms with Crippen molar-refractivity contribution >= 4 is 23.8 Å². The van der Waals surface area contributed by atoms with Crippen molar-refractivity contribution in [3.05, 3.63) is 17.4 Å². The van der Waals surface area contributed by atoms with Crippen LogP contribution in [0.1, 0.15) is 26.3 Å². The molecule has 1 aromatic rings. The van der Waals surface area contributed by atoms with Crippen molar-refractivity contribution in [2.75, 3.05) is 45.2 Å². The number of carbonyl (C=O) groups is 1. The van der Waals surface area contributed by atoms with Gasteiger partial charge in [0.25, 0.3) is 0 Å². The molecule has 0 radical (unpaired) electrons. The van der Waals surface area contributed by atoms with Crippen LogP contribution in [-0.4, -0.2) is 74.2 Å². The van der Waals surface area contributed by atoms with Gasteiger partial charge in [0.2, 0.25) is 0 Å². The molecule has 1 atom stereocenters. The predicted molar refractivity (Wildman–Crippen MR) is 107 cm³/mol. The first-order valence-corrected chi connectivity index (χ1v) is 9.45. The second-order valence-electron chi connectivity index (χ2n) is 8.34. The second-order valence-corrected chi connectivity index (χ2v) is 8.34. The number of ether oxygens (including phenoxy) is 2. The highest BCUT2D eigenvalue weighted by atomic mass is 19.1. The van der Waals surface area contributed by atoms with Crippen molar-refractivity contribution in [1.29, 1.82) is 5.26 Å². The lowest BCUT2D eigenvalue weighted by Crippen LogP contribution is -2.57. The van der Waals surface area contributed by atoms with E-state index >= 15 is 4.39 Å². The Labute approximate surface area is 170 Å². The van der Waals surface area contributed by atoms with Gasteiger partial charge in [0.05, 0.1) is 18.1 Å². The van der Waals surface area contributed by atoms with Gasteiger partial charge in [-0.3, -0.25) is 4.90 Å². The van der Waals surface area contributed by atoms with Gasteiger partial charge in [0.1, 0.15) is 35.3 Å². The molecule has 1 fully saturated rings. The van der Waals surface area contributed by atoms with Crippen molar-refractivity contribution in [3.8, 4) is 11.8 Å². The number of nitrogens with zero attached hydrogens (tertiary/aromatic N) is 5. The first-order valence-electron chi connectivity index (χ1n) is 9.45. The number of piperazine rings is 1. The van der Waals surface area contributed by atoms with Crippen LogP contribution in [0, 0.1) is 17.1 Å². The third-order valence-electron chi connectivity index (χ3n) is 4.58. The lowest BCUT2D eigenvalue weighted by Gasteiger charge is -2.40. The van der Waals surface area contributed by atoms with E-state index in [2.05, 4.69) is 4.99 Å². The topological polar surface area (TPSA) is 81.4 Å². The Hall–Kier alpha value is -3.02. The lowest BCUT2D eigenvalue weighted by atomic mass is 10.1. The molecule has 29 heavy (non-hydrogen) atoms. The van der Waals surface area contributed by atoms with Crippen LogP contribution in [0.25, 0.3) is 0 Å². The van der Waals surface area contributed by atoms with Crippen LogP contribution in [-0.2, 0) is 4.74 Å². The molecule has 9 heteroatoms. The third kappa shape index (κ3) is 4.36. The SMILES string of the molecule is CN(C)C=Nc1cc2c(c(F)c1C#N)N1CCN(C(=O)OC(C)(C)C)[C@H](CO2)C1. The predicted octanol–water partition coefficient (Wildman–Crippen LogP) is 2.74. The molecule has 2 heterocycles. The highest BCUT2D eigenvalue weighted by Crippen LogP contribution is 2.41. The van der Waals surface area contributed by atoms with Gasteiger partial charge in [-0.15, -0.1) is 0 Å². The van der Waals surface area contributed by atoms with Crippen LogP contribution in [0.4, 0.5) is 20.6 Å². The van der Waals surface area contributed by atoms with E-state index in [1.165, 1.54) is 6.34 Å². The summed E-state index contributed by atoms with van der Waals surface area (Å²) in [7, 11) is 3.57. The summed E-state index contributed by atoms with van der Waals surface area (Å²) in [5, 5.41) is 9.48. The van der Waals surface area contributed by atoms with Crippen molar-refractivity contribution < 1.29 is 18.7 Å². The van der Waals surface area contributed by atoms with E-state index in [4.69, 9.17) is 9.47 Å². The smallest absolute Gasteiger partial charge is 0.410 e. The van der Waals surface area contributed by atoms with Crippen molar-refractivity contribution in [3.63, 3.8) is 0 Å². The van der Waals surface area contributed by atoms with Crippen LogP contribution < -0.4 is 9.64 Å². The number of halogens is 1. The number of hydrogen-bond acceptors (Lipinski definition) is 6. The summed E-state index contributed by atoms with van der Waals surface area (Å²) in [6, 6.07) is 3.20. The number of rotatable bonds is 2. The molecule has 2 bridgehead atoms. The van der Waals surface area contributed by atoms with Gasteiger partial charge in [-0.1, -0.05) is 0 Å². The Kier molecular flexibility index (Phi) is 5.55. The maximum absolute atomic E-state index is 15.2. The van der Waals surface area contributed by atoms with Crippen LogP contribution in [0.2, 0.25) is 0 Å². The van der Waals surface area contributed by atoms with Crippen molar-refractivity contribution in [2.24, 2.45) is 4.99 Å². The van der Waals surface area contributed by atoms with Crippen LogP contribution in [0.3, 0.4) is 0 Å². The van der Waals surface area contributed by atoms with Crippen molar-refractivity contribution in [1.82, 2.24) is 9.80 Å². The Morgan fingerprint density at radius 3 is 2.79 bits per heavy atom.